The van der Waals surface area contributed by atoms with Crippen LogP contribution in [0.25, 0.3) is 0 Å². The van der Waals surface area contributed by atoms with Gasteiger partial charge in [-0.1, -0.05) is 79.7 Å². The van der Waals surface area contributed by atoms with Gasteiger partial charge in [0, 0.05) is 34.1 Å². The molecule has 0 radical (unpaired) electrons. The van der Waals surface area contributed by atoms with E-state index >= 15 is 0 Å². The Kier molecular flexibility index (Phi) is 17.1. The fraction of sp³-hybridized carbons (Fsp3) is 0.176. The Morgan fingerprint density at radius 3 is 0.913 bits per heavy atom. The smallest absolute Gasteiger partial charge is 0.417 e. The zero-order valence-corrected chi connectivity index (χ0v) is 38.1. The van der Waals surface area contributed by atoms with Crippen LogP contribution in [0.1, 0.15) is 30.0 Å². The monoisotopic (exact) mass is 938 g/mol. The Balaban J connectivity index is 1.11. The van der Waals surface area contributed by atoms with Crippen LogP contribution in [0.15, 0.2) is 146 Å². The molecule has 0 aliphatic carbocycles. The van der Waals surface area contributed by atoms with Gasteiger partial charge in [0.1, 0.15) is 37.1 Å². The topological polar surface area (TPSA) is 230 Å². The van der Waals surface area contributed by atoms with Crippen LogP contribution in [0, 0.1) is 26.2 Å². The Hall–Kier alpha value is -9.06. The van der Waals surface area contributed by atoms with Crippen molar-refractivity contribution in [1.82, 2.24) is 0 Å². The highest BCUT2D eigenvalue weighted by atomic mass is 16.6. The van der Waals surface area contributed by atoms with E-state index in [2.05, 4.69) is 31.9 Å². The van der Waals surface area contributed by atoms with E-state index < -0.39 is 61.8 Å². The van der Waals surface area contributed by atoms with Crippen molar-refractivity contribution in [2.75, 3.05) is 51.7 Å². The van der Waals surface area contributed by atoms with Gasteiger partial charge in [0.2, 0.25) is 0 Å². The van der Waals surface area contributed by atoms with Gasteiger partial charge in [-0.05, 0) is 117 Å². The number of hydrogen-bond acceptors (Lipinski definition) is 12. The summed E-state index contributed by atoms with van der Waals surface area (Å²) in [4.78, 5) is 77.8. The third kappa shape index (κ3) is 15.5. The zero-order chi connectivity index (χ0) is 49.2. The number of aryl methyl sites for hydroxylation is 3. The third-order valence-corrected chi connectivity index (χ3v) is 10.3. The van der Waals surface area contributed by atoms with Crippen LogP contribution in [-0.4, -0.2) is 56.4 Å². The van der Waals surface area contributed by atoms with Gasteiger partial charge in [-0.15, -0.1) is 0 Å². The quantitative estimate of drug-likeness (QED) is 0.0498. The molecule has 69 heavy (non-hydrogen) atoms. The van der Waals surface area contributed by atoms with Gasteiger partial charge < -0.3 is 28.4 Å². The Bertz CT molecular complexity index is 2460. The Morgan fingerprint density at radius 1 is 0.377 bits per heavy atom. The highest BCUT2D eigenvalue weighted by Gasteiger charge is 2.35. The molecule has 6 amide bonds. The lowest BCUT2D eigenvalue weighted by atomic mass is 9.88. The maximum atomic E-state index is 13.3. The minimum atomic E-state index is -1.30. The molecule has 0 aromatic heterocycles. The molecule has 356 valence electrons. The molecule has 6 N–H and O–H groups in total. The molecule has 6 aromatic rings. The number of nitrogens with one attached hydrogen (secondary N) is 6. The van der Waals surface area contributed by atoms with Crippen LogP contribution < -0.4 is 46.1 Å². The second-order valence-electron chi connectivity index (χ2n) is 15.5. The van der Waals surface area contributed by atoms with Gasteiger partial charge in [0.25, 0.3) is 0 Å². The van der Waals surface area contributed by atoms with Crippen LogP contribution in [0.2, 0.25) is 0 Å². The zero-order valence-electron chi connectivity index (χ0n) is 38.1. The number of benzene rings is 6. The van der Waals surface area contributed by atoms with E-state index in [1.165, 1.54) is 18.2 Å². The number of carbonyl (C=O) groups is 6. The lowest BCUT2D eigenvalue weighted by Crippen LogP contribution is -2.40. The second-order valence-corrected chi connectivity index (χ2v) is 15.5. The van der Waals surface area contributed by atoms with Crippen LogP contribution in [0.4, 0.5) is 62.9 Å². The van der Waals surface area contributed by atoms with Crippen LogP contribution in [0.5, 0.6) is 17.2 Å². The molecule has 0 fully saturated rings. The molecule has 0 aliphatic heterocycles. The van der Waals surface area contributed by atoms with E-state index in [4.69, 9.17) is 28.4 Å². The Morgan fingerprint density at radius 2 is 0.652 bits per heavy atom. The van der Waals surface area contributed by atoms with E-state index in [-0.39, 0.29) is 23.5 Å². The molecule has 6 aromatic carbocycles. The van der Waals surface area contributed by atoms with Crippen LogP contribution in [-0.2, 0) is 14.2 Å². The lowest BCUT2D eigenvalue weighted by Gasteiger charge is -2.31. The largest absolute Gasteiger partial charge is 0.448 e. The fourth-order valence-electron chi connectivity index (χ4n) is 6.25. The van der Waals surface area contributed by atoms with Gasteiger partial charge in [0.15, 0.2) is 0 Å². The summed E-state index contributed by atoms with van der Waals surface area (Å²) in [6, 6.07) is 39.9. The summed E-state index contributed by atoms with van der Waals surface area (Å²) in [5.41, 5.74) is 2.66. The summed E-state index contributed by atoms with van der Waals surface area (Å²) in [6.07, 6.45) is -4.76. The van der Waals surface area contributed by atoms with Crippen molar-refractivity contribution in [2.24, 2.45) is 5.41 Å². The molecule has 0 aliphatic rings. The van der Waals surface area contributed by atoms with Crippen LogP contribution in [0.3, 0.4) is 0 Å². The lowest BCUT2D eigenvalue weighted by molar-refractivity contribution is -0.0104. The van der Waals surface area contributed by atoms with Gasteiger partial charge >= 0.3 is 36.6 Å². The highest BCUT2D eigenvalue weighted by molar-refractivity contribution is 5.93. The van der Waals surface area contributed by atoms with Crippen molar-refractivity contribution < 1.29 is 57.2 Å². The molecule has 0 heterocycles. The first-order chi connectivity index (χ1) is 33.2. The number of ether oxygens (including phenoxy) is 6. The number of hydrogen-bond donors (Lipinski definition) is 6. The fourth-order valence-corrected chi connectivity index (χ4v) is 6.25. The number of rotatable bonds is 16. The van der Waals surface area contributed by atoms with Crippen molar-refractivity contribution in [3.63, 3.8) is 0 Å². The molecule has 18 nitrogen and oxygen atoms in total. The number of para-hydroxylation sites is 3. The third-order valence-electron chi connectivity index (χ3n) is 10.3. The Labute approximate surface area is 397 Å². The SMILES string of the molecule is CCC(COC(=O)Nc1ccc(C)c(NC(=O)Oc2ccccc2)c1)(COC(=O)Nc1ccc(C)c(NC(=O)Oc2ccccc2)c1)COC(=O)Nc1ccc(C)c(NC(=O)Oc2ccccc2)c1. The number of anilines is 6. The molecule has 0 saturated heterocycles. The summed E-state index contributed by atoms with van der Waals surface area (Å²) in [5.74, 6) is 1.02. The van der Waals surface area contributed by atoms with E-state index in [1.807, 2.05) is 0 Å². The predicted octanol–water partition coefficient (Wildman–Crippen LogP) is 11.9. The molecule has 0 spiro atoms. The van der Waals surface area contributed by atoms with Crippen molar-refractivity contribution in [3.8, 4) is 17.2 Å². The van der Waals surface area contributed by atoms with E-state index in [0.717, 1.165) is 0 Å². The first kappa shape index (κ1) is 49.4. The summed E-state index contributed by atoms with van der Waals surface area (Å²) in [5, 5.41) is 15.9. The van der Waals surface area contributed by atoms with Crippen molar-refractivity contribution in [3.05, 3.63) is 162 Å². The van der Waals surface area contributed by atoms with Gasteiger partial charge in [0.05, 0.1) is 5.41 Å². The van der Waals surface area contributed by atoms with Crippen molar-refractivity contribution in [1.29, 1.82) is 0 Å². The first-order valence-electron chi connectivity index (χ1n) is 21.5. The molecular formula is C51H50N6O12. The predicted molar refractivity (Wildman–Crippen MR) is 259 cm³/mol. The minimum absolute atomic E-state index is 0.174. The average molecular weight is 939 g/mol. The van der Waals surface area contributed by atoms with E-state index in [0.29, 0.717) is 51.0 Å². The summed E-state index contributed by atoms with van der Waals surface area (Å²) < 4.78 is 33.0. The maximum Gasteiger partial charge on any atom is 0.417 e. The standard InChI is InChI=1S/C51H50N6O12/c1-5-51(30-64-45(58)52-36-24-21-33(2)42(27-36)55-48(61)67-39-15-9-6-10-16-39,31-65-46(59)53-37-25-22-34(3)43(28-37)56-49(62)68-40-17-11-7-12-18-40)32-66-47(60)54-38-26-23-35(4)44(29-38)57-50(63)69-41-19-13-8-14-20-41/h6-29H,5,30-32H2,1-4H3,(H,52,58)(H,53,59)(H,54,60)(H,55,61)(H,56,62)(H,57,63). The second kappa shape index (κ2) is 23.9. The summed E-state index contributed by atoms with van der Waals surface area (Å²) in [7, 11) is 0. The average Bonchev–Trinajstić information content (AvgIpc) is 3.33. The van der Waals surface area contributed by atoms with Gasteiger partial charge in [-0.3, -0.25) is 31.9 Å². The van der Waals surface area contributed by atoms with Crippen LogP contribution >= 0.6 is 0 Å². The van der Waals surface area contributed by atoms with E-state index in [9.17, 15) is 28.8 Å². The van der Waals surface area contributed by atoms with Crippen molar-refractivity contribution in [2.45, 2.75) is 34.1 Å². The summed E-state index contributed by atoms with van der Waals surface area (Å²) >= 11 is 0. The minimum Gasteiger partial charge on any atom is -0.448 e. The maximum absolute atomic E-state index is 13.3. The van der Waals surface area contributed by atoms with Gasteiger partial charge in [-0.2, -0.15) is 0 Å². The molecule has 0 unspecified atom stereocenters. The molecular weight excluding hydrogens is 889 g/mol. The number of amides is 6. The molecule has 18 heteroatoms. The number of carbonyl (C=O) groups excluding carboxylic acids is 6. The van der Waals surface area contributed by atoms with E-state index in [1.54, 1.807) is 155 Å². The van der Waals surface area contributed by atoms with Gasteiger partial charge in [-0.25, -0.2) is 28.8 Å². The molecule has 0 atom stereocenters. The highest BCUT2D eigenvalue weighted by Crippen LogP contribution is 2.28. The first-order valence-corrected chi connectivity index (χ1v) is 21.5. The van der Waals surface area contributed by atoms with Crippen molar-refractivity contribution >= 4 is 70.7 Å². The normalized spacial score (nSPS) is 10.6. The molecule has 0 bridgehead atoms. The molecule has 0 saturated carbocycles. The molecule has 6 rings (SSSR count). The summed E-state index contributed by atoms with van der Waals surface area (Å²) in [6.45, 7) is 5.81.